The maximum Gasteiger partial charge on any atom is 0.174 e. The first-order chi connectivity index (χ1) is 17.2. The molecule has 0 aliphatic carbocycles. The summed E-state index contributed by atoms with van der Waals surface area (Å²) in [5.41, 5.74) is 3.27. The second-order valence-electron chi connectivity index (χ2n) is 10.9. The highest BCUT2D eigenvalue weighted by Crippen LogP contribution is 2.35. The third kappa shape index (κ3) is 9.45. The van der Waals surface area contributed by atoms with Crippen LogP contribution in [0.15, 0.2) is 53.5 Å². The fourth-order valence-electron chi connectivity index (χ4n) is 4.94. The summed E-state index contributed by atoms with van der Waals surface area (Å²) in [5.74, 6) is 3.58. The molecule has 2 aromatic carbocycles. The number of unbranched alkanes of at least 4 members (excludes halogenated alkanes) is 2. The minimum absolute atomic E-state index is 0.115. The summed E-state index contributed by atoms with van der Waals surface area (Å²) in [6.07, 6.45) is 13.4. The molecule has 2 aromatic rings. The number of aryl methyl sites for hydroxylation is 1. The molecule has 0 saturated heterocycles. The van der Waals surface area contributed by atoms with Gasteiger partial charge in [-0.25, -0.2) is 4.39 Å². The second-order valence-corrected chi connectivity index (χ2v) is 10.9. The van der Waals surface area contributed by atoms with Crippen LogP contribution in [-0.2, 0) is 12.8 Å². The van der Waals surface area contributed by atoms with Crippen LogP contribution in [0.4, 0.5) is 4.39 Å². The van der Waals surface area contributed by atoms with E-state index in [0.717, 1.165) is 25.7 Å². The van der Waals surface area contributed by atoms with E-state index in [4.69, 9.17) is 11.4 Å². The Balaban J connectivity index is 2.10. The van der Waals surface area contributed by atoms with Crippen molar-refractivity contribution in [2.75, 3.05) is 6.54 Å². The molecule has 0 fully saturated rings. The third-order valence-electron chi connectivity index (χ3n) is 7.08. The van der Waals surface area contributed by atoms with E-state index in [1.165, 1.54) is 36.5 Å². The summed E-state index contributed by atoms with van der Waals surface area (Å²) >= 11 is 0. The van der Waals surface area contributed by atoms with Crippen LogP contribution in [0.5, 0.6) is 0 Å². The zero-order valence-electron chi connectivity index (χ0n) is 23.1. The van der Waals surface area contributed by atoms with Crippen LogP contribution in [-0.4, -0.2) is 12.4 Å². The van der Waals surface area contributed by atoms with Gasteiger partial charge < -0.3 is 5.32 Å². The Kier molecular flexibility index (Phi) is 12.2. The van der Waals surface area contributed by atoms with Gasteiger partial charge in [0.15, 0.2) is 5.84 Å². The van der Waals surface area contributed by atoms with Crippen LogP contribution < -0.4 is 5.32 Å². The number of aliphatic imine (C=N–C) groups is 1. The van der Waals surface area contributed by atoms with Gasteiger partial charge in [0, 0.05) is 12.1 Å². The normalized spacial score (nSPS) is 14.7. The van der Waals surface area contributed by atoms with Crippen molar-refractivity contribution >= 4 is 5.84 Å². The number of rotatable bonds is 14. The molecular weight excluding hydrogens is 443 g/mol. The van der Waals surface area contributed by atoms with Crippen LogP contribution >= 0.6 is 0 Å². The van der Waals surface area contributed by atoms with Crippen molar-refractivity contribution in [3.8, 4) is 12.3 Å². The van der Waals surface area contributed by atoms with E-state index in [9.17, 15) is 4.39 Å². The van der Waals surface area contributed by atoms with Gasteiger partial charge in [-0.05, 0) is 73.0 Å². The summed E-state index contributed by atoms with van der Waals surface area (Å²) in [5, 5.41) is 3.33. The Morgan fingerprint density at radius 3 is 2.31 bits per heavy atom. The highest BCUT2D eigenvalue weighted by atomic mass is 19.1. The zero-order valence-corrected chi connectivity index (χ0v) is 23.1. The fourth-order valence-corrected chi connectivity index (χ4v) is 4.94. The predicted octanol–water partition coefficient (Wildman–Crippen LogP) is 8.38. The van der Waals surface area contributed by atoms with Crippen LogP contribution in [0.1, 0.15) is 89.5 Å². The first-order valence-corrected chi connectivity index (χ1v) is 13.6. The van der Waals surface area contributed by atoms with E-state index < -0.39 is 0 Å². The molecule has 0 amide bonds. The van der Waals surface area contributed by atoms with Crippen molar-refractivity contribution in [2.24, 2.45) is 22.2 Å². The second kappa shape index (κ2) is 14.8. The smallest absolute Gasteiger partial charge is 0.174 e. The molecule has 1 N–H and O–H groups in total. The van der Waals surface area contributed by atoms with Gasteiger partial charge in [-0.2, -0.15) is 0 Å². The van der Waals surface area contributed by atoms with E-state index in [1.807, 2.05) is 12.1 Å². The Morgan fingerprint density at radius 1 is 1.06 bits per heavy atom. The summed E-state index contributed by atoms with van der Waals surface area (Å²) in [6, 6.07) is 15.8. The van der Waals surface area contributed by atoms with E-state index >= 15 is 0 Å². The van der Waals surface area contributed by atoms with Crippen molar-refractivity contribution in [1.82, 2.24) is 5.32 Å². The molecule has 195 valence electrons. The number of nitrogens with one attached hydrogen (secondary N) is 1. The molecule has 0 saturated carbocycles. The van der Waals surface area contributed by atoms with Crippen molar-refractivity contribution in [2.45, 2.75) is 85.6 Å². The molecule has 0 aliphatic heterocycles. The summed E-state index contributed by atoms with van der Waals surface area (Å²) in [7, 11) is 0. The molecule has 3 atom stereocenters. The number of terminal acetylenes is 1. The van der Waals surface area contributed by atoms with Crippen molar-refractivity contribution < 1.29 is 4.39 Å². The van der Waals surface area contributed by atoms with Gasteiger partial charge in [0.05, 0.1) is 6.04 Å². The van der Waals surface area contributed by atoms with Crippen molar-refractivity contribution in [3.63, 3.8) is 0 Å². The highest BCUT2D eigenvalue weighted by molar-refractivity contribution is 5.98. The van der Waals surface area contributed by atoms with Crippen molar-refractivity contribution in [3.05, 3.63) is 78.0 Å². The molecule has 0 aliphatic rings. The largest absolute Gasteiger partial charge is 0.356 e. The predicted molar refractivity (Wildman–Crippen MR) is 153 cm³/mol. The average molecular weight is 490 g/mol. The standard InChI is InChI=1S/C33H46FN2/c1-8-11-12-16-26-19-21-27(22-20-26)23-29(33(5,6)7)25(4)24-35-32(10-3)36-31(15-9-2)28-17-13-14-18-30(28)34/h3,13-14,17-22,25,29,31H,5,8-9,11-12,15-16,23-24H2,1-2,4,6-7H3,(H,35,36)/t25?,29?,31-/m0/s1. The Bertz CT molecular complexity index is 978. The number of benzene rings is 2. The topological polar surface area (TPSA) is 24.4 Å². The number of nitrogens with zero attached hydrogens (tertiary/aromatic N) is 1. The summed E-state index contributed by atoms with van der Waals surface area (Å²) in [4.78, 5) is 4.77. The molecule has 3 heteroatoms. The van der Waals surface area contributed by atoms with Crippen LogP contribution in [0.25, 0.3) is 0 Å². The summed E-state index contributed by atoms with van der Waals surface area (Å²) < 4.78 is 14.4. The molecule has 2 unspecified atom stereocenters. The van der Waals surface area contributed by atoms with Crippen LogP contribution in [0.3, 0.4) is 0 Å². The van der Waals surface area contributed by atoms with Crippen molar-refractivity contribution in [1.29, 1.82) is 0 Å². The number of hydrogen-bond donors (Lipinski definition) is 1. The maximum atomic E-state index is 14.4. The van der Waals surface area contributed by atoms with E-state index in [2.05, 4.69) is 77.0 Å². The molecule has 2 rings (SSSR count). The minimum Gasteiger partial charge on any atom is -0.356 e. The fraction of sp³-hybridized carbons (Fsp3) is 0.515. The quantitative estimate of drug-likeness (QED) is 0.123. The van der Waals surface area contributed by atoms with Gasteiger partial charge in [-0.3, -0.25) is 4.99 Å². The zero-order chi connectivity index (χ0) is 26.6. The van der Waals surface area contributed by atoms with Gasteiger partial charge in [0.2, 0.25) is 0 Å². The first-order valence-electron chi connectivity index (χ1n) is 13.6. The van der Waals surface area contributed by atoms with Gasteiger partial charge in [0.25, 0.3) is 0 Å². The minimum atomic E-state index is -0.219. The molecule has 0 spiro atoms. The SMILES string of the molecule is C#CC(=NCC(C)C(Cc1ccc(CCCCC)cc1)C([CH2])(C)C)N[C@@H](CCC)c1ccccc1F. The molecule has 1 radical (unpaired) electrons. The lowest BCUT2D eigenvalue weighted by Gasteiger charge is -2.35. The third-order valence-corrected chi connectivity index (χ3v) is 7.08. The summed E-state index contributed by atoms with van der Waals surface area (Å²) in [6.45, 7) is 16.0. The molecule has 0 bridgehead atoms. The number of halogens is 1. The number of hydrogen-bond acceptors (Lipinski definition) is 1. The number of amidine groups is 1. The Labute approximate surface area is 220 Å². The van der Waals surface area contributed by atoms with Gasteiger partial charge in [-0.15, -0.1) is 6.42 Å². The average Bonchev–Trinajstić information content (AvgIpc) is 2.85. The highest BCUT2D eigenvalue weighted by Gasteiger charge is 2.30. The van der Waals surface area contributed by atoms with E-state index in [1.54, 1.807) is 6.07 Å². The van der Waals surface area contributed by atoms with Gasteiger partial charge in [-0.1, -0.05) is 96.3 Å². The van der Waals surface area contributed by atoms with Crippen LogP contribution in [0, 0.1) is 42.3 Å². The maximum absolute atomic E-state index is 14.4. The Hall–Kier alpha value is -2.60. The molecule has 0 heterocycles. The molecule has 2 nitrogen and oxygen atoms in total. The van der Waals surface area contributed by atoms with Crippen LogP contribution in [0.2, 0.25) is 0 Å². The van der Waals surface area contributed by atoms with Gasteiger partial charge in [0.1, 0.15) is 5.82 Å². The molecular formula is C33H46FN2. The lowest BCUT2D eigenvalue weighted by molar-refractivity contribution is 0.199. The lowest BCUT2D eigenvalue weighted by atomic mass is 9.70. The Morgan fingerprint density at radius 2 is 1.72 bits per heavy atom. The van der Waals surface area contributed by atoms with E-state index in [-0.39, 0.29) is 23.2 Å². The first kappa shape index (κ1) is 29.6. The molecule has 0 aromatic heterocycles. The molecule has 36 heavy (non-hydrogen) atoms. The van der Waals surface area contributed by atoms with E-state index in [0.29, 0.717) is 23.9 Å². The monoisotopic (exact) mass is 489 g/mol. The van der Waals surface area contributed by atoms with Gasteiger partial charge >= 0.3 is 0 Å². The lowest BCUT2D eigenvalue weighted by Crippen LogP contribution is -2.32.